The topological polar surface area (TPSA) is 44.5 Å². The molecule has 20 heavy (non-hydrogen) atoms. The summed E-state index contributed by atoms with van der Waals surface area (Å²) in [7, 11) is 0. The zero-order valence-electron chi connectivity index (χ0n) is 11.3. The van der Waals surface area contributed by atoms with Gasteiger partial charge in [-0.2, -0.15) is 0 Å². The monoisotopic (exact) mass is 359 g/mol. The normalized spacial score (nSPS) is 31.6. The van der Waals surface area contributed by atoms with E-state index in [1.807, 2.05) is 18.2 Å². The van der Waals surface area contributed by atoms with Crippen LogP contribution in [-0.2, 0) is 9.47 Å². The molecule has 3 nitrogen and oxygen atoms in total. The largest absolute Gasteiger partial charge is 0.378 e. The molecular formula is C15H19BrClNO2. The molecule has 0 aliphatic carbocycles. The Labute approximate surface area is 132 Å². The van der Waals surface area contributed by atoms with Crippen molar-refractivity contribution < 1.29 is 9.47 Å². The van der Waals surface area contributed by atoms with Gasteiger partial charge < -0.3 is 15.2 Å². The molecule has 2 heterocycles. The Balaban J connectivity index is 1.75. The Hall–Kier alpha value is -0.130. The highest BCUT2D eigenvalue weighted by Gasteiger charge is 2.42. The Morgan fingerprint density at radius 2 is 2.25 bits per heavy atom. The number of nitrogens with two attached hydrogens (primary N) is 1. The van der Waals surface area contributed by atoms with Crippen LogP contribution in [-0.4, -0.2) is 25.4 Å². The van der Waals surface area contributed by atoms with Crippen LogP contribution >= 0.6 is 27.5 Å². The molecule has 5 heteroatoms. The predicted molar refractivity (Wildman–Crippen MR) is 82.9 cm³/mol. The van der Waals surface area contributed by atoms with E-state index in [4.69, 9.17) is 26.8 Å². The van der Waals surface area contributed by atoms with E-state index in [0.29, 0.717) is 17.5 Å². The predicted octanol–water partition coefficient (Wildman–Crippen LogP) is 3.69. The molecular weight excluding hydrogens is 342 g/mol. The van der Waals surface area contributed by atoms with E-state index >= 15 is 0 Å². The Morgan fingerprint density at radius 3 is 2.95 bits per heavy atom. The van der Waals surface area contributed by atoms with E-state index < -0.39 is 0 Å². The maximum Gasteiger partial charge on any atom is 0.0940 e. The molecule has 1 aromatic carbocycles. The fourth-order valence-corrected chi connectivity index (χ4v) is 3.66. The van der Waals surface area contributed by atoms with E-state index in [1.54, 1.807) is 0 Å². The summed E-state index contributed by atoms with van der Waals surface area (Å²) in [5.74, 6) is 0.419. The van der Waals surface area contributed by atoms with Crippen molar-refractivity contribution in [2.24, 2.45) is 11.7 Å². The fraction of sp³-hybridized carbons (Fsp3) is 0.600. The molecule has 3 atom stereocenters. The Kier molecular flexibility index (Phi) is 4.39. The minimum absolute atomic E-state index is 0.00183. The molecule has 2 fully saturated rings. The Morgan fingerprint density at radius 1 is 1.40 bits per heavy atom. The third-order valence-corrected chi connectivity index (χ3v) is 5.67. The summed E-state index contributed by atoms with van der Waals surface area (Å²) in [4.78, 5) is 0. The lowest BCUT2D eigenvalue weighted by Gasteiger charge is -2.39. The molecule has 0 bridgehead atoms. The van der Waals surface area contributed by atoms with Gasteiger partial charge >= 0.3 is 0 Å². The highest BCUT2D eigenvalue weighted by Crippen LogP contribution is 2.40. The first-order valence-electron chi connectivity index (χ1n) is 7.02. The first-order valence-corrected chi connectivity index (χ1v) is 8.19. The molecule has 0 amide bonds. The number of benzene rings is 1. The summed E-state index contributed by atoms with van der Waals surface area (Å²) in [6, 6.07) is 5.98. The molecule has 3 unspecified atom stereocenters. The van der Waals surface area contributed by atoms with Gasteiger partial charge in [-0.25, -0.2) is 0 Å². The van der Waals surface area contributed by atoms with Gasteiger partial charge in [-0.3, -0.25) is 0 Å². The van der Waals surface area contributed by atoms with Crippen molar-refractivity contribution in [3.63, 3.8) is 0 Å². The number of hydrogen-bond acceptors (Lipinski definition) is 3. The third kappa shape index (κ3) is 2.90. The lowest BCUT2D eigenvalue weighted by atomic mass is 9.79. The molecule has 1 spiro atoms. The molecule has 1 aromatic rings. The van der Waals surface area contributed by atoms with Gasteiger partial charge in [0.25, 0.3) is 0 Å². The van der Waals surface area contributed by atoms with Crippen molar-refractivity contribution in [1.29, 1.82) is 0 Å². The van der Waals surface area contributed by atoms with Gasteiger partial charge in [-0.15, -0.1) is 0 Å². The van der Waals surface area contributed by atoms with Crippen LogP contribution in [0.25, 0.3) is 0 Å². The van der Waals surface area contributed by atoms with Gasteiger partial charge in [-0.1, -0.05) is 17.7 Å². The Bertz CT molecular complexity index is 491. The van der Waals surface area contributed by atoms with Crippen LogP contribution in [0.15, 0.2) is 22.7 Å². The van der Waals surface area contributed by atoms with Crippen LogP contribution < -0.4 is 5.73 Å². The second-order valence-corrected chi connectivity index (χ2v) is 7.05. The van der Waals surface area contributed by atoms with Crippen LogP contribution in [0.3, 0.4) is 0 Å². The molecule has 2 aliphatic heterocycles. The van der Waals surface area contributed by atoms with E-state index in [9.17, 15) is 0 Å². The highest BCUT2D eigenvalue weighted by molar-refractivity contribution is 9.10. The van der Waals surface area contributed by atoms with Crippen molar-refractivity contribution in [3.05, 3.63) is 33.3 Å². The average Bonchev–Trinajstić information content (AvgIpc) is 2.89. The first-order chi connectivity index (χ1) is 9.60. The average molecular weight is 361 g/mol. The van der Waals surface area contributed by atoms with Crippen molar-refractivity contribution in [3.8, 4) is 0 Å². The van der Waals surface area contributed by atoms with Crippen LogP contribution in [0, 0.1) is 5.92 Å². The van der Waals surface area contributed by atoms with Gasteiger partial charge in [0.1, 0.15) is 0 Å². The number of rotatable bonds is 2. The minimum atomic E-state index is -0.0975. The lowest BCUT2D eigenvalue weighted by molar-refractivity contribution is -0.101. The molecule has 0 aromatic heterocycles. The molecule has 0 radical (unpaired) electrons. The van der Waals surface area contributed by atoms with Crippen LogP contribution in [0.5, 0.6) is 0 Å². The van der Waals surface area contributed by atoms with E-state index in [1.165, 1.54) is 0 Å². The minimum Gasteiger partial charge on any atom is -0.378 e. The molecule has 2 N–H and O–H groups in total. The van der Waals surface area contributed by atoms with Crippen molar-refractivity contribution in [2.45, 2.75) is 30.9 Å². The summed E-state index contributed by atoms with van der Waals surface area (Å²) < 4.78 is 12.4. The number of ether oxygens (including phenoxy) is 2. The first kappa shape index (κ1) is 14.8. The summed E-state index contributed by atoms with van der Waals surface area (Å²) in [5.41, 5.74) is 7.47. The van der Waals surface area contributed by atoms with E-state index in [-0.39, 0.29) is 11.6 Å². The zero-order chi connectivity index (χ0) is 14.2. The zero-order valence-corrected chi connectivity index (χ0v) is 13.6. The standard InChI is InChI=1S/C15H19BrClNO2/c16-12-2-1-10(7-13(12)17)14(18)11-3-5-20-15(8-11)4-6-19-9-15/h1-2,7,11,14H,3-6,8-9,18H2. The molecule has 2 saturated heterocycles. The van der Waals surface area contributed by atoms with Gasteiger partial charge in [0.05, 0.1) is 17.2 Å². The second-order valence-electron chi connectivity index (χ2n) is 5.79. The summed E-state index contributed by atoms with van der Waals surface area (Å²) in [6.07, 6.45) is 2.95. The lowest BCUT2D eigenvalue weighted by Crippen LogP contribution is -2.43. The summed E-state index contributed by atoms with van der Waals surface area (Å²) in [6.45, 7) is 2.27. The van der Waals surface area contributed by atoms with Crippen molar-refractivity contribution in [1.82, 2.24) is 0 Å². The molecule has 0 saturated carbocycles. The van der Waals surface area contributed by atoms with Crippen LogP contribution in [0.4, 0.5) is 0 Å². The van der Waals surface area contributed by atoms with Gasteiger partial charge in [-0.05, 0) is 52.4 Å². The number of hydrogen-bond donors (Lipinski definition) is 1. The van der Waals surface area contributed by atoms with Gasteiger partial charge in [0, 0.05) is 30.1 Å². The summed E-state index contributed by atoms with van der Waals surface area (Å²) in [5, 5.41) is 0.712. The van der Waals surface area contributed by atoms with E-state index in [0.717, 1.165) is 42.5 Å². The maximum absolute atomic E-state index is 6.47. The summed E-state index contributed by atoms with van der Waals surface area (Å²) >= 11 is 9.58. The van der Waals surface area contributed by atoms with Crippen LogP contribution in [0.2, 0.25) is 5.02 Å². The fourth-order valence-electron chi connectivity index (χ4n) is 3.23. The maximum atomic E-state index is 6.47. The second kappa shape index (κ2) is 5.93. The van der Waals surface area contributed by atoms with Gasteiger partial charge in [0.2, 0.25) is 0 Å². The SMILES string of the molecule is NC(c1ccc(Br)c(Cl)c1)C1CCOC2(CCOC2)C1. The van der Waals surface area contributed by atoms with Crippen molar-refractivity contribution >= 4 is 27.5 Å². The quantitative estimate of drug-likeness (QED) is 0.875. The van der Waals surface area contributed by atoms with E-state index in [2.05, 4.69) is 15.9 Å². The molecule has 110 valence electrons. The molecule has 2 aliphatic rings. The van der Waals surface area contributed by atoms with Crippen molar-refractivity contribution in [2.75, 3.05) is 19.8 Å². The molecule has 3 rings (SSSR count). The van der Waals surface area contributed by atoms with Crippen LogP contribution in [0.1, 0.15) is 30.9 Å². The third-order valence-electron chi connectivity index (χ3n) is 4.43. The van der Waals surface area contributed by atoms with Gasteiger partial charge in [0.15, 0.2) is 0 Å². The smallest absolute Gasteiger partial charge is 0.0940 e. The number of halogens is 2. The highest BCUT2D eigenvalue weighted by atomic mass is 79.9.